The second-order valence-corrected chi connectivity index (χ2v) is 4.44. The van der Waals surface area contributed by atoms with Crippen LogP contribution in [0.5, 0.6) is 0 Å². The van der Waals surface area contributed by atoms with Gasteiger partial charge in [0.1, 0.15) is 0 Å². The van der Waals surface area contributed by atoms with E-state index in [1.165, 1.54) is 4.57 Å². The Labute approximate surface area is 107 Å². The third kappa shape index (κ3) is 1.82. The van der Waals surface area contributed by atoms with E-state index >= 15 is 0 Å². The maximum Gasteiger partial charge on any atom is 0.420 e. The highest BCUT2D eigenvalue weighted by Crippen LogP contribution is 2.19. The number of aryl methyl sites for hydroxylation is 1. The highest BCUT2D eigenvalue weighted by atomic mass is 35.5. The largest absolute Gasteiger partial charge is 0.420 e. The van der Waals surface area contributed by atoms with E-state index in [4.69, 9.17) is 20.5 Å². The predicted molar refractivity (Wildman–Crippen MR) is 65.8 cm³/mol. The Balaban J connectivity index is 2.11. The van der Waals surface area contributed by atoms with Crippen molar-refractivity contribution >= 4 is 22.7 Å². The van der Waals surface area contributed by atoms with Crippen LogP contribution < -0.4 is 5.76 Å². The number of aromatic nitrogens is 2. The maximum atomic E-state index is 11.8. The van der Waals surface area contributed by atoms with Gasteiger partial charge in [0, 0.05) is 17.2 Å². The van der Waals surface area contributed by atoms with Crippen LogP contribution in [0.3, 0.4) is 0 Å². The Morgan fingerprint density at radius 2 is 2.22 bits per heavy atom. The van der Waals surface area contributed by atoms with Gasteiger partial charge in [-0.05, 0) is 19.1 Å². The van der Waals surface area contributed by atoms with Crippen LogP contribution in [-0.4, -0.2) is 9.72 Å². The lowest BCUT2D eigenvalue weighted by Gasteiger charge is -1.97. The first kappa shape index (κ1) is 11.1. The van der Waals surface area contributed by atoms with E-state index in [2.05, 4.69) is 5.16 Å². The zero-order chi connectivity index (χ0) is 12.7. The molecule has 0 aliphatic rings. The quantitative estimate of drug-likeness (QED) is 0.714. The molecule has 0 aliphatic carbocycles. The second-order valence-electron chi connectivity index (χ2n) is 4.00. The van der Waals surface area contributed by atoms with Crippen molar-refractivity contribution in [2.75, 3.05) is 0 Å². The second kappa shape index (κ2) is 4.03. The highest BCUT2D eigenvalue weighted by molar-refractivity contribution is 6.31. The van der Waals surface area contributed by atoms with Gasteiger partial charge in [0.25, 0.3) is 0 Å². The topological polar surface area (TPSA) is 61.2 Å². The minimum Gasteiger partial charge on any atom is -0.408 e. The Kier molecular flexibility index (Phi) is 2.48. The summed E-state index contributed by atoms with van der Waals surface area (Å²) in [6.45, 7) is 2.11. The monoisotopic (exact) mass is 264 g/mol. The molecule has 0 saturated carbocycles. The summed E-state index contributed by atoms with van der Waals surface area (Å²) in [6, 6.07) is 6.84. The number of fused-ring (bicyclic) bond motifs is 1. The van der Waals surface area contributed by atoms with E-state index in [0.29, 0.717) is 21.9 Å². The lowest BCUT2D eigenvalue weighted by molar-refractivity contribution is 0.369. The van der Waals surface area contributed by atoms with E-state index in [9.17, 15) is 4.79 Å². The van der Waals surface area contributed by atoms with Crippen molar-refractivity contribution in [3.63, 3.8) is 0 Å². The van der Waals surface area contributed by atoms with Crippen LogP contribution in [-0.2, 0) is 6.54 Å². The van der Waals surface area contributed by atoms with Gasteiger partial charge in [-0.3, -0.25) is 4.57 Å². The molecule has 0 amide bonds. The maximum absolute atomic E-state index is 11.8. The van der Waals surface area contributed by atoms with Crippen molar-refractivity contribution < 1.29 is 8.94 Å². The molecule has 0 radical (unpaired) electrons. The summed E-state index contributed by atoms with van der Waals surface area (Å²) in [5, 5.41) is 4.31. The van der Waals surface area contributed by atoms with Gasteiger partial charge in [-0.25, -0.2) is 4.79 Å². The van der Waals surface area contributed by atoms with Crippen molar-refractivity contribution in [1.82, 2.24) is 9.72 Å². The Morgan fingerprint density at radius 1 is 1.39 bits per heavy atom. The van der Waals surface area contributed by atoms with Crippen LogP contribution in [0, 0.1) is 6.92 Å². The molecule has 92 valence electrons. The summed E-state index contributed by atoms with van der Waals surface area (Å²) in [6.07, 6.45) is 0. The molecule has 2 heterocycles. The summed E-state index contributed by atoms with van der Waals surface area (Å²) in [5.41, 5.74) is 1.91. The average Bonchev–Trinajstić information content (AvgIpc) is 2.84. The molecule has 0 spiro atoms. The number of benzene rings is 1. The molecule has 0 unspecified atom stereocenters. The molecule has 0 N–H and O–H groups in total. The van der Waals surface area contributed by atoms with E-state index in [1.54, 1.807) is 24.3 Å². The molecule has 0 bridgehead atoms. The molecule has 0 atom stereocenters. The van der Waals surface area contributed by atoms with Crippen LogP contribution >= 0.6 is 11.6 Å². The van der Waals surface area contributed by atoms with E-state index < -0.39 is 5.76 Å². The van der Waals surface area contributed by atoms with Crippen LogP contribution in [0.1, 0.15) is 11.5 Å². The van der Waals surface area contributed by atoms with Crippen molar-refractivity contribution in [2.24, 2.45) is 0 Å². The van der Waals surface area contributed by atoms with E-state index in [0.717, 1.165) is 5.69 Å². The molecule has 0 aliphatic heterocycles. The van der Waals surface area contributed by atoms with Gasteiger partial charge in [0.15, 0.2) is 11.3 Å². The molecule has 5 nitrogen and oxygen atoms in total. The highest BCUT2D eigenvalue weighted by Gasteiger charge is 2.12. The van der Waals surface area contributed by atoms with Crippen LogP contribution in [0.4, 0.5) is 0 Å². The normalized spacial score (nSPS) is 11.2. The summed E-state index contributed by atoms with van der Waals surface area (Å²) in [5.74, 6) is 0.161. The van der Waals surface area contributed by atoms with E-state index in [1.807, 2.05) is 6.92 Å². The number of halogens is 1. The number of rotatable bonds is 2. The smallest absolute Gasteiger partial charge is 0.408 e. The van der Waals surface area contributed by atoms with Crippen molar-refractivity contribution in [3.05, 3.63) is 51.3 Å². The SMILES string of the molecule is Cc1cc(Cn2c(=O)oc3cc(Cl)ccc32)on1. The Morgan fingerprint density at radius 3 is 2.94 bits per heavy atom. The number of hydrogen-bond donors (Lipinski definition) is 0. The molecule has 18 heavy (non-hydrogen) atoms. The summed E-state index contributed by atoms with van der Waals surface area (Å²) >= 11 is 5.84. The lowest BCUT2D eigenvalue weighted by atomic mass is 10.3. The third-order valence-corrected chi connectivity index (χ3v) is 2.86. The standard InChI is InChI=1S/C12H9ClN2O3/c1-7-4-9(18-14-7)6-15-10-3-2-8(13)5-11(10)17-12(15)16/h2-5H,6H2,1H3. The minimum absolute atomic E-state index is 0.286. The van der Waals surface area contributed by atoms with Crippen molar-refractivity contribution in [1.29, 1.82) is 0 Å². The number of oxazole rings is 1. The first-order valence-electron chi connectivity index (χ1n) is 5.34. The van der Waals surface area contributed by atoms with Gasteiger partial charge in [-0.1, -0.05) is 16.8 Å². The van der Waals surface area contributed by atoms with Gasteiger partial charge in [0.05, 0.1) is 17.8 Å². The summed E-state index contributed by atoms with van der Waals surface area (Å²) in [4.78, 5) is 11.8. The molecule has 0 fully saturated rings. The molecule has 6 heteroatoms. The summed E-state index contributed by atoms with van der Waals surface area (Å²) in [7, 11) is 0. The predicted octanol–water partition coefficient (Wildman–Crippen LogP) is 2.59. The third-order valence-electron chi connectivity index (χ3n) is 2.62. The molecule has 0 saturated heterocycles. The first-order chi connectivity index (χ1) is 8.63. The molecular weight excluding hydrogens is 256 g/mol. The first-order valence-corrected chi connectivity index (χ1v) is 5.72. The fourth-order valence-corrected chi connectivity index (χ4v) is 2.00. The van der Waals surface area contributed by atoms with Crippen LogP contribution in [0.25, 0.3) is 11.1 Å². The molecular formula is C12H9ClN2O3. The van der Waals surface area contributed by atoms with Gasteiger partial charge in [-0.2, -0.15) is 0 Å². The van der Waals surface area contributed by atoms with Gasteiger partial charge in [0.2, 0.25) is 0 Å². The Bertz CT molecular complexity index is 769. The minimum atomic E-state index is -0.443. The lowest BCUT2D eigenvalue weighted by Crippen LogP contribution is -2.14. The summed E-state index contributed by atoms with van der Waals surface area (Å²) < 4.78 is 11.7. The van der Waals surface area contributed by atoms with Gasteiger partial charge < -0.3 is 8.94 Å². The Hall–Kier alpha value is -2.01. The fraction of sp³-hybridized carbons (Fsp3) is 0.167. The molecule has 3 aromatic rings. The molecule has 3 rings (SSSR count). The number of hydrogen-bond acceptors (Lipinski definition) is 4. The molecule has 2 aromatic heterocycles. The van der Waals surface area contributed by atoms with Gasteiger partial charge in [-0.15, -0.1) is 0 Å². The fourth-order valence-electron chi connectivity index (χ4n) is 1.84. The zero-order valence-corrected chi connectivity index (χ0v) is 10.3. The average molecular weight is 265 g/mol. The molecule has 1 aromatic carbocycles. The van der Waals surface area contributed by atoms with Crippen LogP contribution in [0.2, 0.25) is 5.02 Å². The number of nitrogens with zero attached hydrogens (tertiary/aromatic N) is 2. The van der Waals surface area contributed by atoms with Crippen LogP contribution in [0.15, 0.2) is 38.0 Å². The van der Waals surface area contributed by atoms with Gasteiger partial charge >= 0.3 is 5.76 Å². The zero-order valence-electron chi connectivity index (χ0n) is 9.51. The van der Waals surface area contributed by atoms with E-state index in [-0.39, 0.29) is 6.54 Å². The van der Waals surface area contributed by atoms with Crippen molar-refractivity contribution in [2.45, 2.75) is 13.5 Å². The van der Waals surface area contributed by atoms with Crippen molar-refractivity contribution in [3.8, 4) is 0 Å².